The number of hydrogen-bond donors (Lipinski definition) is 1. The number of carboxylic acid groups (broad SMARTS) is 1. The van der Waals surface area contributed by atoms with E-state index in [1.807, 2.05) is 6.08 Å². The van der Waals surface area contributed by atoms with Gasteiger partial charge in [0.25, 0.3) is 0 Å². The van der Waals surface area contributed by atoms with E-state index in [1.54, 1.807) is 6.08 Å². The number of carbonyl (C=O) groups excluding carboxylic acids is 1. The van der Waals surface area contributed by atoms with Gasteiger partial charge in [0, 0.05) is 0 Å². The largest absolute Gasteiger partial charge is 0.481 e. The molecule has 0 rings (SSSR count). The molecule has 0 heterocycles. The molecular weight excluding hydrogens is 232 g/mol. The molecule has 0 aliphatic carbocycles. The summed E-state index contributed by atoms with van der Waals surface area (Å²) in [6, 6.07) is 0. The van der Waals surface area contributed by atoms with Crippen LogP contribution in [0.3, 0.4) is 0 Å². The van der Waals surface area contributed by atoms with Gasteiger partial charge in [-0.05, 0) is 12.8 Å². The second kappa shape index (κ2) is 10.8. The number of esters is 1. The van der Waals surface area contributed by atoms with Gasteiger partial charge < -0.3 is 9.84 Å². The van der Waals surface area contributed by atoms with E-state index in [2.05, 4.69) is 11.7 Å². The summed E-state index contributed by atoms with van der Waals surface area (Å²) in [5.41, 5.74) is 0. The number of carboxylic acids is 1. The van der Waals surface area contributed by atoms with Crippen LogP contribution in [0.25, 0.3) is 0 Å². The Balaban J connectivity index is 3.92. The number of carbonyl (C=O) groups is 2. The van der Waals surface area contributed by atoms with Gasteiger partial charge >= 0.3 is 11.9 Å². The van der Waals surface area contributed by atoms with Crippen LogP contribution in [0.5, 0.6) is 0 Å². The lowest BCUT2D eigenvalue weighted by Gasteiger charge is -2.07. The van der Waals surface area contributed by atoms with Crippen LogP contribution in [0.1, 0.15) is 51.9 Å². The molecule has 0 aliphatic rings. The van der Waals surface area contributed by atoms with E-state index < -0.39 is 17.9 Å². The van der Waals surface area contributed by atoms with Gasteiger partial charge in [0.15, 0.2) is 0 Å². The first-order chi connectivity index (χ1) is 8.61. The van der Waals surface area contributed by atoms with E-state index >= 15 is 0 Å². The van der Waals surface area contributed by atoms with Crippen molar-refractivity contribution in [1.29, 1.82) is 0 Å². The minimum Gasteiger partial charge on any atom is -0.481 e. The van der Waals surface area contributed by atoms with Crippen LogP contribution in [0.4, 0.5) is 0 Å². The zero-order valence-corrected chi connectivity index (χ0v) is 11.4. The molecular formula is C14H24O4. The molecule has 0 aromatic heterocycles. The normalized spacial score (nSPS) is 12.6. The van der Waals surface area contributed by atoms with E-state index in [0.717, 1.165) is 12.8 Å². The molecule has 1 N–H and O–H groups in total. The third-order valence-electron chi connectivity index (χ3n) is 2.74. The Kier molecular flexibility index (Phi) is 10.0. The lowest BCUT2D eigenvalue weighted by Crippen LogP contribution is -2.17. The van der Waals surface area contributed by atoms with Crippen molar-refractivity contribution in [2.45, 2.75) is 51.9 Å². The highest BCUT2D eigenvalue weighted by atomic mass is 16.5. The van der Waals surface area contributed by atoms with E-state index in [9.17, 15) is 9.59 Å². The van der Waals surface area contributed by atoms with E-state index in [4.69, 9.17) is 5.11 Å². The molecule has 1 atom stereocenters. The Hall–Kier alpha value is -1.32. The van der Waals surface area contributed by atoms with E-state index in [0.29, 0.717) is 0 Å². The zero-order chi connectivity index (χ0) is 13.8. The molecule has 0 bridgehead atoms. The predicted octanol–water partition coefficient (Wildman–Crippen LogP) is 3.17. The Morgan fingerprint density at radius 1 is 1.22 bits per heavy atom. The van der Waals surface area contributed by atoms with Crippen LogP contribution in [0.15, 0.2) is 12.2 Å². The summed E-state index contributed by atoms with van der Waals surface area (Å²) < 4.78 is 4.57. The number of aliphatic carboxylic acids is 1. The molecule has 0 saturated heterocycles. The molecule has 104 valence electrons. The Morgan fingerprint density at radius 3 is 2.44 bits per heavy atom. The molecule has 0 fully saturated rings. The fraction of sp³-hybridized carbons (Fsp3) is 0.714. The van der Waals surface area contributed by atoms with Crippen molar-refractivity contribution in [3.05, 3.63) is 12.2 Å². The van der Waals surface area contributed by atoms with Crippen molar-refractivity contribution in [3.8, 4) is 0 Å². The summed E-state index contributed by atoms with van der Waals surface area (Å²) in [5, 5.41) is 8.69. The van der Waals surface area contributed by atoms with Gasteiger partial charge in [-0.15, -0.1) is 0 Å². The number of allylic oxidation sites excluding steroid dienone is 1. The van der Waals surface area contributed by atoms with Crippen LogP contribution >= 0.6 is 0 Å². The third kappa shape index (κ3) is 8.79. The maximum atomic E-state index is 11.3. The molecule has 1 unspecified atom stereocenters. The van der Waals surface area contributed by atoms with Crippen LogP contribution in [0.2, 0.25) is 0 Å². The van der Waals surface area contributed by atoms with Crippen molar-refractivity contribution in [2.24, 2.45) is 5.92 Å². The highest BCUT2D eigenvalue weighted by molar-refractivity contribution is 5.80. The second-order valence-corrected chi connectivity index (χ2v) is 4.36. The summed E-state index contributed by atoms with van der Waals surface area (Å²) >= 11 is 0. The minimum absolute atomic E-state index is 0.209. The molecule has 4 heteroatoms. The van der Waals surface area contributed by atoms with Gasteiger partial charge in [0.2, 0.25) is 0 Å². The predicted molar refractivity (Wildman–Crippen MR) is 70.3 cm³/mol. The summed E-state index contributed by atoms with van der Waals surface area (Å²) in [5.74, 6) is -2.14. The topological polar surface area (TPSA) is 63.6 Å². The van der Waals surface area contributed by atoms with Crippen molar-refractivity contribution < 1.29 is 19.4 Å². The zero-order valence-electron chi connectivity index (χ0n) is 11.4. The van der Waals surface area contributed by atoms with Crippen LogP contribution in [-0.2, 0) is 14.3 Å². The number of rotatable bonds is 10. The molecule has 4 nitrogen and oxygen atoms in total. The lowest BCUT2D eigenvalue weighted by molar-refractivity contribution is -0.148. The number of ether oxygens (including phenoxy) is 1. The molecule has 18 heavy (non-hydrogen) atoms. The van der Waals surface area contributed by atoms with Crippen LogP contribution < -0.4 is 0 Å². The monoisotopic (exact) mass is 256 g/mol. The fourth-order valence-corrected chi connectivity index (χ4v) is 1.70. The van der Waals surface area contributed by atoms with Gasteiger partial charge in [-0.3, -0.25) is 9.59 Å². The smallest absolute Gasteiger partial charge is 0.313 e. The maximum Gasteiger partial charge on any atom is 0.313 e. The average molecular weight is 256 g/mol. The first-order valence-electron chi connectivity index (χ1n) is 6.58. The lowest BCUT2D eigenvalue weighted by atomic mass is 10.0. The van der Waals surface area contributed by atoms with Gasteiger partial charge in [-0.1, -0.05) is 44.8 Å². The molecule has 0 aliphatic heterocycles. The standard InChI is InChI=1S/C14H24O4/c1-3-4-5-6-7-8-9-10-12(11-13(15)16)14(17)18-2/h9-10,12H,3-8,11H2,1-2H3,(H,15,16). The maximum absolute atomic E-state index is 11.3. The highest BCUT2D eigenvalue weighted by Gasteiger charge is 2.18. The van der Waals surface area contributed by atoms with Crippen molar-refractivity contribution in [1.82, 2.24) is 0 Å². The Morgan fingerprint density at radius 2 is 1.89 bits per heavy atom. The highest BCUT2D eigenvalue weighted by Crippen LogP contribution is 2.10. The number of hydrogen-bond acceptors (Lipinski definition) is 3. The molecule has 0 aromatic rings. The Labute approximate surface area is 109 Å². The molecule has 0 spiro atoms. The fourth-order valence-electron chi connectivity index (χ4n) is 1.70. The summed E-state index contributed by atoms with van der Waals surface area (Å²) in [6.45, 7) is 2.17. The van der Waals surface area contributed by atoms with Crippen LogP contribution in [-0.4, -0.2) is 24.2 Å². The first kappa shape index (κ1) is 16.7. The summed E-state index contributed by atoms with van der Waals surface area (Å²) in [6.07, 6.45) is 10.2. The summed E-state index contributed by atoms with van der Waals surface area (Å²) in [4.78, 5) is 21.9. The van der Waals surface area contributed by atoms with E-state index in [1.165, 1.54) is 32.8 Å². The quantitative estimate of drug-likeness (QED) is 0.370. The van der Waals surface area contributed by atoms with Crippen LogP contribution in [0, 0.1) is 5.92 Å². The van der Waals surface area contributed by atoms with Gasteiger partial charge in [0.05, 0.1) is 19.4 Å². The average Bonchev–Trinajstić information content (AvgIpc) is 2.34. The number of unbranched alkanes of at least 4 members (excludes halogenated alkanes) is 5. The first-order valence-corrected chi connectivity index (χ1v) is 6.58. The SMILES string of the molecule is CCCCCCCC=CC(CC(=O)O)C(=O)OC. The Bertz CT molecular complexity index is 271. The number of methoxy groups -OCH3 is 1. The van der Waals surface area contributed by atoms with E-state index in [-0.39, 0.29) is 6.42 Å². The third-order valence-corrected chi connectivity index (χ3v) is 2.74. The molecule has 0 radical (unpaired) electrons. The van der Waals surface area contributed by atoms with Crippen molar-refractivity contribution >= 4 is 11.9 Å². The van der Waals surface area contributed by atoms with Crippen molar-refractivity contribution in [2.75, 3.05) is 7.11 Å². The van der Waals surface area contributed by atoms with Gasteiger partial charge in [-0.25, -0.2) is 0 Å². The molecule has 0 amide bonds. The van der Waals surface area contributed by atoms with Gasteiger partial charge in [-0.2, -0.15) is 0 Å². The van der Waals surface area contributed by atoms with Crippen molar-refractivity contribution in [3.63, 3.8) is 0 Å². The summed E-state index contributed by atoms with van der Waals surface area (Å²) in [7, 11) is 1.27. The molecule has 0 saturated carbocycles. The second-order valence-electron chi connectivity index (χ2n) is 4.36. The minimum atomic E-state index is -0.988. The van der Waals surface area contributed by atoms with Gasteiger partial charge in [0.1, 0.15) is 0 Å². The molecule has 0 aromatic carbocycles.